The number of benzene rings is 2. The molecule has 1 aliphatic rings. The standard InChI is InChI=1S/C22H23N3O7S/c1-30-19-8-7-17(15-20(19)33(28,29)24-11-13-31-14-12-24)22(27)32-16-21(26)25(10-9-23)18-5-3-2-4-6-18/h2-8,15H,10-14,16H2,1H3. The number of hydrogen-bond acceptors (Lipinski definition) is 8. The van der Waals surface area contributed by atoms with Crippen LogP contribution in [-0.4, -0.2) is 71.2 Å². The van der Waals surface area contributed by atoms with Gasteiger partial charge in [-0.15, -0.1) is 0 Å². The first-order valence-electron chi connectivity index (χ1n) is 10.0. The van der Waals surface area contributed by atoms with Crippen molar-refractivity contribution < 1.29 is 32.2 Å². The summed E-state index contributed by atoms with van der Waals surface area (Å²) in [6.45, 7) is 0.0710. The molecule has 0 bridgehead atoms. The molecule has 3 rings (SSSR count). The van der Waals surface area contributed by atoms with Crippen LogP contribution >= 0.6 is 0 Å². The Labute approximate surface area is 191 Å². The molecule has 33 heavy (non-hydrogen) atoms. The Hall–Kier alpha value is -3.46. The predicted molar refractivity (Wildman–Crippen MR) is 117 cm³/mol. The van der Waals surface area contributed by atoms with Crippen molar-refractivity contribution in [1.29, 1.82) is 5.26 Å². The molecule has 0 saturated carbocycles. The summed E-state index contributed by atoms with van der Waals surface area (Å²) in [5, 5.41) is 9.03. The molecule has 0 N–H and O–H groups in total. The van der Waals surface area contributed by atoms with Crippen LogP contribution in [0, 0.1) is 11.3 Å². The maximum absolute atomic E-state index is 13.1. The minimum Gasteiger partial charge on any atom is -0.495 e. The highest BCUT2D eigenvalue weighted by Crippen LogP contribution is 2.28. The van der Waals surface area contributed by atoms with Gasteiger partial charge in [-0.1, -0.05) is 18.2 Å². The first-order valence-corrected chi connectivity index (χ1v) is 11.5. The van der Waals surface area contributed by atoms with Crippen molar-refractivity contribution in [2.45, 2.75) is 4.90 Å². The van der Waals surface area contributed by atoms with Crippen LogP contribution < -0.4 is 9.64 Å². The largest absolute Gasteiger partial charge is 0.495 e. The molecule has 1 aliphatic heterocycles. The molecule has 1 saturated heterocycles. The molecule has 0 unspecified atom stereocenters. The lowest BCUT2D eigenvalue weighted by molar-refractivity contribution is -0.121. The second-order valence-corrected chi connectivity index (χ2v) is 8.84. The van der Waals surface area contributed by atoms with Crippen molar-refractivity contribution in [2.24, 2.45) is 0 Å². The Kier molecular flexibility index (Phi) is 8.00. The number of carbonyl (C=O) groups is 2. The van der Waals surface area contributed by atoms with Crippen LogP contribution in [0.4, 0.5) is 5.69 Å². The number of morpholine rings is 1. The number of carbonyl (C=O) groups excluding carboxylic acids is 2. The van der Waals surface area contributed by atoms with Crippen LogP contribution in [0.1, 0.15) is 10.4 Å². The van der Waals surface area contributed by atoms with Crippen LogP contribution in [0.25, 0.3) is 0 Å². The third-order valence-corrected chi connectivity index (χ3v) is 6.83. The molecule has 1 fully saturated rings. The third-order valence-electron chi connectivity index (χ3n) is 4.91. The van der Waals surface area contributed by atoms with Crippen LogP contribution in [-0.2, 0) is 24.3 Å². The van der Waals surface area contributed by atoms with Gasteiger partial charge >= 0.3 is 5.97 Å². The molecule has 0 aromatic heterocycles. The highest BCUT2D eigenvalue weighted by atomic mass is 32.2. The molecular weight excluding hydrogens is 450 g/mol. The number of sulfonamides is 1. The van der Waals surface area contributed by atoms with E-state index in [-0.39, 0.29) is 49.1 Å². The first-order chi connectivity index (χ1) is 15.9. The number of ether oxygens (including phenoxy) is 3. The fraction of sp³-hybridized carbons (Fsp3) is 0.318. The average Bonchev–Trinajstić information content (AvgIpc) is 2.86. The van der Waals surface area contributed by atoms with Crippen molar-refractivity contribution in [3.05, 3.63) is 54.1 Å². The van der Waals surface area contributed by atoms with E-state index in [0.717, 1.165) is 0 Å². The lowest BCUT2D eigenvalue weighted by Crippen LogP contribution is -2.40. The number of para-hydroxylation sites is 1. The normalized spacial score (nSPS) is 14.2. The SMILES string of the molecule is COc1ccc(C(=O)OCC(=O)N(CC#N)c2ccccc2)cc1S(=O)(=O)N1CCOCC1. The van der Waals surface area contributed by atoms with E-state index in [2.05, 4.69) is 0 Å². The summed E-state index contributed by atoms with van der Waals surface area (Å²) in [7, 11) is -2.61. The fourth-order valence-corrected chi connectivity index (χ4v) is 4.81. The second kappa shape index (κ2) is 10.9. The summed E-state index contributed by atoms with van der Waals surface area (Å²) in [6.07, 6.45) is 0. The summed E-state index contributed by atoms with van der Waals surface area (Å²) in [5.74, 6) is -1.39. The Morgan fingerprint density at radius 1 is 1.15 bits per heavy atom. The molecule has 1 heterocycles. The zero-order valence-corrected chi connectivity index (χ0v) is 18.8. The molecule has 0 aliphatic carbocycles. The lowest BCUT2D eigenvalue weighted by atomic mass is 10.2. The van der Waals surface area contributed by atoms with Gasteiger partial charge in [0.2, 0.25) is 10.0 Å². The van der Waals surface area contributed by atoms with Gasteiger partial charge in [0, 0.05) is 18.8 Å². The Balaban J connectivity index is 1.77. The molecule has 11 heteroatoms. The number of anilines is 1. The summed E-state index contributed by atoms with van der Waals surface area (Å²) in [6, 6.07) is 14.3. The van der Waals surface area contributed by atoms with Crippen molar-refractivity contribution in [3.63, 3.8) is 0 Å². The highest BCUT2D eigenvalue weighted by molar-refractivity contribution is 7.89. The second-order valence-electron chi connectivity index (χ2n) is 6.93. The fourth-order valence-electron chi connectivity index (χ4n) is 3.22. The van der Waals surface area contributed by atoms with Gasteiger partial charge in [0.15, 0.2) is 6.61 Å². The van der Waals surface area contributed by atoms with Crippen molar-refractivity contribution in [1.82, 2.24) is 4.31 Å². The number of amides is 1. The molecule has 2 aromatic carbocycles. The smallest absolute Gasteiger partial charge is 0.338 e. The van der Waals surface area contributed by atoms with Crippen LogP contribution in [0.2, 0.25) is 0 Å². The lowest BCUT2D eigenvalue weighted by Gasteiger charge is -2.26. The number of nitrogens with zero attached hydrogens (tertiary/aromatic N) is 3. The van der Waals surface area contributed by atoms with Crippen LogP contribution in [0.15, 0.2) is 53.4 Å². The summed E-state index contributed by atoms with van der Waals surface area (Å²) >= 11 is 0. The van der Waals surface area contributed by atoms with E-state index >= 15 is 0 Å². The number of hydrogen-bond donors (Lipinski definition) is 0. The molecule has 0 spiro atoms. The molecule has 0 radical (unpaired) electrons. The molecule has 174 valence electrons. The number of esters is 1. The van der Waals surface area contributed by atoms with Gasteiger partial charge in [0.25, 0.3) is 5.91 Å². The minimum absolute atomic E-state index is 0.0537. The van der Waals surface area contributed by atoms with E-state index in [9.17, 15) is 18.0 Å². The Bertz CT molecular complexity index is 1140. The van der Waals surface area contributed by atoms with Gasteiger partial charge in [-0.2, -0.15) is 9.57 Å². The van der Waals surface area contributed by atoms with Crippen LogP contribution in [0.3, 0.4) is 0 Å². The zero-order chi connectivity index (χ0) is 23.8. The number of nitriles is 1. The first kappa shape index (κ1) is 24.2. The van der Waals surface area contributed by atoms with E-state index in [1.807, 2.05) is 6.07 Å². The van der Waals surface area contributed by atoms with Gasteiger partial charge in [-0.05, 0) is 30.3 Å². The maximum atomic E-state index is 13.1. The molecular formula is C22H23N3O7S. The third kappa shape index (κ3) is 5.67. The molecule has 1 amide bonds. The Morgan fingerprint density at radius 2 is 1.85 bits per heavy atom. The predicted octanol–water partition coefficient (Wildman–Crippen LogP) is 1.43. The van der Waals surface area contributed by atoms with Crippen molar-refractivity contribution in [3.8, 4) is 11.8 Å². The maximum Gasteiger partial charge on any atom is 0.338 e. The van der Waals surface area contributed by atoms with E-state index in [1.54, 1.807) is 30.3 Å². The quantitative estimate of drug-likeness (QED) is 0.416. The average molecular weight is 474 g/mol. The summed E-state index contributed by atoms with van der Waals surface area (Å²) in [4.78, 5) is 26.2. The van der Waals surface area contributed by atoms with E-state index < -0.39 is 28.5 Å². The zero-order valence-electron chi connectivity index (χ0n) is 18.0. The number of rotatable bonds is 8. The summed E-state index contributed by atoms with van der Waals surface area (Å²) in [5.41, 5.74) is 0.436. The molecule has 10 nitrogen and oxygen atoms in total. The summed E-state index contributed by atoms with van der Waals surface area (Å²) < 4.78 is 42.9. The monoisotopic (exact) mass is 473 g/mol. The topological polar surface area (TPSA) is 126 Å². The van der Waals surface area contributed by atoms with Crippen LogP contribution in [0.5, 0.6) is 5.75 Å². The van der Waals surface area contributed by atoms with Gasteiger partial charge in [0.05, 0.1) is 32.0 Å². The van der Waals surface area contributed by atoms with Gasteiger partial charge in [-0.3, -0.25) is 9.69 Å². The minimum atomic E-state index is -3.94. The van der Waals surface area contributed by atoms with E-state index in [4.69, 9.17) is 19.5 Å². The van der Waals surface area contributed by atoms with Crippen molar-refractivity contribution >= 4 is 27.6 Å². The van der Waals surface area contributed by atoms with Gasteiger partial charge < -0.3 is 14.2 Å². The molecule has 2 aromatic rings. The Morgan fingerprint density at radius 3 is 2.48 bits per heavy atom. The van der Waals surface area contributed by atoms with E-state index in [0.29, 0.717) is 5.69 Å². The number of methoxy groups -OCH3 is 1. The van der Waals surface area contributed by atoms with Gasteiger partial charge in [-0.25, -0.2) is 13.2 Å². The van der Waals surface area contributed by atoms with Crippen molar-refractivity contribution in [2.75, 3.05) is 51.5 Å². The van der Waals surface area contributed by atoms with E-state index in [1.165, 1.54) is 34.5 Å². The molecule has 0 atom stereocenters. The highest BCUT2D eigenvalue weighted by Gasteiger charge is 2.30. The van der Waals surface area contributed by atoms with Gasteiger partial charge in [0.1, 0.15) is 17.2 Å².